The molecule has 0 radical (unpaired) electrons. The SMILES string of the molecule is CC(C)(C)c1csc2nc(C3CC3)c(C(=O)O)n12. The summed E-state index contributed by atoms with van der Waals surface area (Å²) in [6.45, 7) is 6.28. The molecule has 0 atom stereocenters. The van der Waals surface area contributed by atoms with Crippen LogP contribution in [-0.2, 0) is 5.41 Å². The zero-order valence-corrected chi connectivity index (χ0v) is 11.5. The number of thiazole rings is 1. The second kappa shape index (κ2) is 3.57. The summed E-state index contributed by atoms with van der Waals surface area (Å²) in [6, 6.07) is 0. The molecule has 1 saturated carbocycles. The van der Waals surface area contributed by atoms with Crippen LogP contribution in [0, 0.1) is 0 Å². The van der Waals surface area contributed by atoms with Gasteiger partial charge in [-0.3, -0.25) is 4.40 Å². The molecule has 0 aliphatic heterocycles. The van der Waals surface area contributed by atoms with Crippen molar-refractivity contribution in [1.29, 1.82) is 0 Å². The zero-order valence-electron chi connectivity index (χ0n) is 10.7. The minimum atomic E-state index is -0.867. The Morgan fingerprint density at radius 2 is 2.17 bits per heavy atom. The first-order valence-corrected chi connectivity index (χ1v) is 7.01. The Morgan fingerprint density at radius 3 is 2.67 bits per heavy atom. The van der Waals surface area contributed by atoms with Gasteiger partial charge in [-0.05, 0) is 12.8 Å². The van der Waals surface area contributed by atoms with Crippen LogP contribution in [0.1, 0.15) is 61.4 Å². The maximum atomic E-state index is 11.6. The van der Waals surface area contributed by atoms with Gasteiger partial charge in [-0.15, -0.1) is 11.3 Å². The van der Waals surface area contributed by atoms with Crippen molar-refractivity contribution < 1.29 is 9.90 Å². The van der Waals surface area contributed by atoms with Gasteiger partial charge in [0, 0.05) is 22.4 Å². The standard InChI is InChI=1S/C13H16N2O2S/c1-13(2,3)8-6-18-12-14-9(7-4-5-7)10(11(16)17)15(8)12/h6-7H,4-5H2,1-3H3,(H,16,17). The lowest BCUT2D eigenvalue weighted by molar-refractivity contribution is 0.0687. The summed E-state index contributed by atoms with van der Waals surface area (Å²) in [5, 5.41) is 11.5. The molecule has 2 heterocycles. The normalized spacial score (nSPS) is 16.4. The Balaban J connectivity index is 2.32. The van der Waals surface area contributed by atoms with Crippen LogP contribution in [-0.4, -0.2) is 20.5 Å². The average Bonchev–Trinajstić information content (AvgIpc) is 2.86. The van der Waals surface area contributed by atoms with Gasteiger partial charge in [0.1, 0.15) is 0 Å². The number of carboxylic acid groups (broad SMARTS) is 1. The van der Waals surface area contributed by atoms with E-state index in [1.807, 2.05) is 9.78 Å². The molecule has 1 aliphatic carbocycles. The van der Waals surface area contributed by atoms with Gasteiger partial charge in [0.05, 0.1) is 5.69 Å². The summed E-state index contributed by atoms with van der Waals surface area (Å²) >= 11 is 1.53. The zero-order chi connectivity index (χ0) is 13.1. The molecule has 0 spiro atoms. The molecule has 2 aromatic rings. The fraction of sp³-hybridized carbons (Fsp3) is 0.538. The number of carboxylic acids is 1. The van der Waals surface area contributed by atoms with Crippen LogP contribution in [0.3, 0.4) is 0 Å². The second-order valence-electron chi connectivity index (χ2n) is 5.91. The minimum Gasteiger partial charge on any atom is -0.477 e. The lowest BCUT2D eigenvalue weighted by Gasteiger charge is -2.17. The van der Waals surface area contributed by atoms with Gasteiger partial charge in [0.2, 0.25) is 0 Å². The molecule has 3 rings (SSSR count). The van der Waals surface area contributed by atoms with Crippen LogP contribution in [0.4, 0.5) is 0 Å². The highest BCUT2D eigenvalue weighted by Gasteiger charge is 2.34. The molecule has 1 aliphatic rings. The first-order valence-electron chi connectivity index (χ1n) is 6.13. The van der Waals surface area contributed by atoms with E-state index in [1.165, 1.54) is 11.3 Å². The van der Waals surface area contributed by atoms with Crippen molar-refractivity contribution in [2.24, 2.45) is 0 Å². The van der Waals surface area contributed by atoms with E-state index in [2.05, 4.69) is 25.8 Å². The number of aromatic nitrogens is 2. The molecule has 0 amide bonds. The number of carbonyl (C=O) groups is 1. The molecule has 4 nitrogen and oxygen atoms in total. The van der Waals surface area contributed by atoms with Gasteiger partial charge in [-0.25, -0.2) is 9.78 Å². The van der Waals surface area contributed by atoms with E-state index in [4.69, 9.17) is 0 Å². The van der Waals surface area contributed by atoms with E-state index in [0.29, 0.717) is 11.6 Å². The van der Waals surface area contributed by atoms with Crippen LogP contribution in [0.15, 0.2) is 5.38 Å². The fourth-order valence-electron chi connectivity index (χ4n) is 2.24. The Bertz CT molecular complexity index is 629. The van der Waals surface area contributed by atoms with Crippen LogP contribution in [0.2, 0.25) is 0 Å². The number of rotatable bonds is 2. The van der Waals surface area contributed by atoms with E-state index >= 15 is 0 Å². The average molecular weight is 264 g/mol. The number of fused-ring (bicyclic) bond motifs is 1. The second-order valence-corrected chi connectivity index (χ2v) is 6.75. The number of nitrogens with zero attached hydrogens (tertiary/aromatic N) is 2. The monoisotopic (exact) mass is 264 g/mol. The van der Waals surface area contributed by atoms with Gasteiger partial charge >= 0.3 is 5.97 Å². The number of imidazole rings is 1. The summed E-state index contributed by atoms with van der Waals surface area (Å²) in [5.74, 6) is -0.510. The van der Waals surface area contributed by atoms with Gasteiger partial charge in [-0.1, -0.05) is 20.8 Å². The molecule has 2 aromatic heterocycles. The molecule has 1 fully saturated rings. The highest BCUT2D eigenvalue weighted by atomic mass is 32.1. The summed E-state index contributed by atoms with van der Waals surface area (Å²) in [4.78, 5) is 16.9. The topological polar surface area (TPSA) is 54.6 Å². The quantitative estimate of drug-likeness (QED) is 0.905. The third kappa shape index (κ3) is 1.65. The number of aromatic carboxylic acids is 1. The Labute approximate surface area is 109 Å². The van der Waals surface area contributed by atoms with Crippen molar-refractivity contribution in [3.63, 3.8) is 0 Å². The highest BCUT2D eigenvalue weighted by molar-refractivity contribution is 7.15. The Kier molecular flexibility index (Phi) is 2.32. The molecule has 0 unspecified atom stereocenters. The van der Waals surface area contributed by atoms with Crippen LogP contribution >= 0.6 is 11.3 Å². The van der Waals surface area contributed by atoms with Gasteiger partial charge in [0.25, 0.3) is 0 Å². The third-order valence-corrected chi connectivity index (χ3v) is 4.15. The Morgan fingerprint density at radius 1 is 1.50 bits per heavy atom. The molecule has 0 saturated heterocycles. The van der Waals surface area contributed by atoms with Crippen molar-refractivity contribution in [2.45, 2.75) is 44.9 Å². The fourth-order valence-corrected chi connectivity index (χ4v) is 3.36. The number of hydrogen-bond donors (Lipinski definition) is 1. The molecule has 0 aromatic carbocycles. The van der Waals surface area contributed by atoms with Crippen LogP contribution in [0.5, 0.6) is 0 Å². The maximum Gasteiger partial charge on any atom is 0.354 e. The van der Waals surface area contributed by atoms with Crippen molar-refractivity contribution in [3.8, 4) is 0 Å². The predicted molar refractivity (Wildman–Crippen MR) is 70.7 cm³/mol. The van der Waals surface area contributed by atoms with Crippen LogP contribution in [0.25, 0.3) is 4.96 Å². The van der Waals surface area contributed by atoms with E-state index in [1.54, 1.807) is 0 Å². The summed E-state index contributed by atoms with van der Waals surface area (Å²) in [7, 11) is 0. The van der Waals surface area contributed by atoms with E-state index in [9.17, 15) is 9.90 Å². The van der Waals surface area contributed by atoms with Crippen LogP contribution < -0.4 is 0 Å². The molecular weight excluding hydrogens is 248 g/mol. The molecule has 96 valence electrons. The summed E-state index contributed by atoms with van der Waals surface area (Å²) in [6.07, 6.45) is 2.13. The first-order chi connectivity index (χ1) is 8.39. The van der Waals surface area contributed by atoms with Gasteiger partial charge in [-0.2, -0.15) is 0 Å². The molecule has 18 heavy (non-hydrogen) atoms. The minimum absolute atomic E-state index is 0.0794. The lowest BCUT2D eigenvalue weighted by Crippen LogP contribution is -2.17. The first kappa shape index (κ1) is 11.7. The Hall–Kier alpha value is -1.36. The van der Waals surface area contributed by atoms with E-state index in [-0.39, 0.29) is 5.41 Å². The van der Waals surface area contributed by atoms with Crippen molar-refractivity contribution in [1.82, 2.24) is 9.38 Å². The van der Waals surface area contributed by atoms with Gasteiger partial charge in [0.15, 0.2) is 10.7 Å². The summed E-state index contributed by atoms with van der Waals surface area (Å²) in [5.41, 5.74) is 2.10. The van der Waals surface area contributed by atoms with E-state index in [0.717, 1.165) is 29.2 Å². The maximum absolute atomic E-state index is 11.6. The molecule has 1 N–H and O–H groups in total. The molecular formula is C13H16N2O2S. The molecule has 0 bridgehead atoms. The predicted octanol–water partition coefficient (Wildman–Crippen LogP) is 3.27. The van der Waals surface area contributed by atoms with Crippen molar-refractivity contribution in [2.75, 3.05) is 0 Å². The smallest absolute Gasteiger partial charge is 0.354 e. The number of hydrogen-bond acceptors (Lipinski definition) is 3. The van der Waals surface area contributed by atoms with E-state index < -0.39 is 5.97 Å². The van der Waals surface area contributed by atoms with Crippen molar-refractivity contribution >= 4 is 22.3 Å². The summed E-state index contributed by atoms with van der Waals surface area (Å²) < 4.78 is 1.83. The largest absolute Gasteiger partial charge is 0.477 e. The van der Waals surface area contributed by atoms with Gasteiger partial charge < -0.3 is 5.11 Å². The third-order valence-electron chi connectivity index (χ3n) is 3.33. The molecule has 5 heteroatoms. The van der Waals surface area contributed by atoms with Crippen molar-refractivity contribution in [3.05, 3.63) is 22.5 Å². The lowest BCUT2D eigenvalue weighted by atomic mass is 9.93. The highest BCUT2D eigenvalue weighted by Crippen LogP contribution is 2.42.